The van der Waals surface area contributed by atoms with Gasteiger partial charge in [-0.2, -0.15) is 9.29 Å². The molecular formula is C35H57N5O5S. The number of sulfonamides is 1. The molecule has 1 amide bonds. The third-order valence-electron chi connectivity index (χ3n) is 9.18. The molecule has 2 fully saturated rings. The van der Waals surface area contributed by atoms with Gasteiger partial charge < -0.3 is 9.26 Å². The van der Waals surface area contributed by atoms with E-state index in [9.17, 15) is 13.2 Å². The van der Waals surface area contributed by atoms with Gasteiger partial charge in [-0.25, -0.2) is 13.2 Å². The highest BCUT2D eigenvalue weighted by molar-refractivity contribution is 7.89. The van der Waals surface area contributed by atoms with E-state index in [0.29, 0.717) is 62.8 Å². The molecule has 4 atom stereocenters. The first-order valence-corrected chi connectivity index (χ1v) is 18.6. The quantitative estimate of drug-likeness (QED) is 0.230. The Hall–Kier alpha value is -2.50. The molecule has 0 bridgehead atoms. The lowest BCUT2D eigenvalue weighted by Crippen LogP contribution is -2.51. The lowest BCUT2D eigenvalue weighted by molar-refractivity contribution is 0.0935. The number of rotatable bonds is 13. The van der Waals surface area contributed by atoms with Gasteiger partial charge in [-0.05, 0) is 72.1 Å². The average Bonchev–Trinajstić information content (AvgIpc) is 3.54. The maximum Gasteiger partial charge on any atom is 0.414 e. The maximum absolute atomic E-state index is 13.8. The SMILES string of the molecule is Cc1nc(-c2ccc(N3CC(CN4CCN(S(=O)(=O)CC(CCC(C)CC(C)(C)C)C(C)CC(C)(C)C)CC4)OC3=O)cc2)no1. The number of piperazine rings is 1. The summed E-state index contributed by atoms with van der Waals surface area (Å²) in [6.45, 7) is 23.0. The number of benzene rings is 1. The number of carbonyl (C=O) groups excluding carboxylic acids is 1. The second kappa shape index (κ2) is 14.7. The van der Waals surface area contributed by atoms with Crippen LogP contribution in [0.3, 0.4) is 0 Å². The number of carbonyl (C=O) groups is 1. The van der Waals surface area contributed by atoms with Crippen LogP contribution in [-0.4, -0.2) is 85.0 Å². The second-order valence-corrected chi connectivity index (χ2v) is 18.2. The minimum Gasteiger partial charge on any atom is -0.443 e. The normalized spacial score (nSPS) is 20.9. The second-order valence-electron chi connectivity index (χ2n) is 16.2. The molecule has 0 spiro atoms. The third-order valence-corrected chi connectivity index (χ3v) is 11.2. The van der Waals surface area contributed by atoms with Crippen LogP contribution < -0.4 is 4.90 Å². The molecule has 11 heteroatoms. The Balaban J connectivity index is 1.29. The third kappa shape index (κ3) is 10.5. The Bertz CT molecular complexity index is 1390. The summed E-state index contributed by atoms with van der Waals surface area (Å²) < 4.78 is 40.0. The summed E-state index contributed by atoms with van der Waals surface area (Å²) in [7, 11) is -3.39. The van der Waals surface area contributed by atoms with Crippen LogP contribution in [0.25, 0.3) is 11.4 Å². The van der Waals surface area contributed by atoms with Gasteiger partial charge in [0.15, 0.2) is 0 Å². The van der Waals surface area contributed by atoms with E-state index >= 15 is 0 Å². The summed E-state index contributed by atoms with van der Waals surface area (Å²) >= 11 is 0. The molecule has 1 aromatic carbocycles. The summed E-state index contributed by atoms with van der Waals surface area (Å²) in [5.41, 5.74) is 1.98. The molecule has 46 heavy (non-hydrogen) atoms. The van der Waals surface area contributed by atoms with Gasteiger partial charge in [-0.3, -0.25) is 9.80 Å². The molecule has 0 N–H and O–H groups in total. The number of hydrogen-bond acceptors (Lipinski definition) is 8. The lowest BCUT2D eigenvalue weighted by atomic mass is 9.77. The maximum atomic E-state index is 13.8. The topological polar surface area (TPSA) is 109 Å². The predicted octanol–water partition coefficient (Wildman–Crippen LogP) is 6.86. The van der Waals surface area contributed by atoms with Gasteiger partial charge in [-0.1, -0.05) is 67.0 Å². The number of cyclic esters (lactones) is 1. The number of ether oxygens (including phenoxy) is 1. The summed E-state index contributed by atoms with van der Waals surface area (Å²) in [4.78, 5) is 20.8. The van der Waals surface area contributed by atoms with Crippen molar-refractivity contribution in [2.24, 2.45) is 28.6 Å². The highest BCUT2D eigenvalue weighted by atomic mass is 32.2. The zero-order chi connectivity index (χ0) is 33.9. The Morgan fingerprint density at radius 3 is 2.13 bits per heavy atom. The molecule has 0 saturated carbocycles. The minimum absolute atomic E-state index is 0.138. The van der Waals surface area contributed by atoms with Crippen LogP contribution in [0.2, 0.25) is 0 Å². The first-order valence-electron chi connectivity index (χ1n) is 17.0. The van der Waals surface area contributed by atoms with E-state index in [1.807, 2.05) is 24.3 Å². The lowest BCUT2D eigenvalue weighted by Gasteiger charge is -2.36. The van der Waals surface area contributed by atoms with Gasteiger partial charge in [-0.15, -0.1) is 0 Å². The van der Waals surface area contributed by atoms with Crippen molar-refractivity contribution in [3.8, 4) is 11.4 Å². The Kier molecular flexibility index (Phi) is 11.6. The molecule has 258 valence electrons. The van der Waals surface area contributed by atoms with Crippen LogP contribution in [0.5, 0.6) is 0 Å². The van der Waals surface area contributed by atoms with Crippen molar-refractivity contribution >= 4 is 21.8 Å². The van der Waals surface area contributed by atoms with Crippen molar-refractivity contribution in [2.75, 3.05) is 49.9 Å². The smallest absolute Gasteiger partial charge is 0.414 e. The average molecular weight is 660 g/mol. The molecule has 2 saturated heterocycles. The van der Waals surface area contributed by atoms with E-state index in [0.717, 1.165) is 36.9 Å². The summed E-state index contributed by atoms with van der Waals surface area (Å²) in [5, 5.41) is 3.95. The van der Waals surface area contributed by atoms with Crippen LogP contribution in [0.15, 0.2) is 28.8 Å². The molecule has 0 aliphatic carbocycles. The fourth-order valence-corrected chi connectivity index (χ4v) is 9.17. The van der Waals surface area contributed by atoms with Gasteiger partial charge in [0.2, 0.25) is 21.7 Å². The molecule has 1 aromatic heterocycles. The standard InChI is InChI=1S/C35H57N5O5S/c1-25(20-34(4,5)6)10-11-29(26(2)21-35(7,8)9)24-46(42,43)39-18-16-38(17-19-39)22-31-23-40(33(41)44-31)30-14-12-28(13-15-30)32-36-27(3)45-37-32/h12-15,25-26,29,31H,10-11,16-24H2,1-9H3. The Labute approximate surface area is 277 Å². The number of aromatic nitrogens is 2. The number of anilines is 1. The first kappa shape index (κ1) is 36.3. The molecule has 4 rings (SSSR count). The Morgan fingerprint density at radius 2 is 1.57 bits per heavy atom. The van der Waals surface area contributed by atoms with Crippen LogP contribution in [0.4, 0.5) is 10.5 Å². The molecular weight excluding hydrogens is 602 g/mol. The van der Waals surface area contributed by atoms with Crippen molar-refractivity contribution in [1.82, 2.24) is 19.3 Å². The predicted molar refractivity (Wildman–Crippen MR) is 183 cm³/mol. The fraction of sp³-hybridized carbons (Fsp3) is 0.743. The van der Waals surface area contributed by atoms with E-state index in [1.54, 1.807) is 16.1 Å². The van der Waals surface area contributed by atoms with Crippen molar-refractivity contribution in [3.63, 3.8) is 0 Å². The molecule has 2 aromatic rings. The summed E-state index contributed by atoms with van der Waals surface area (Å²) in [6, 6.07) is 7.44. The zero-order valence-electron chi connectivity index (χ0n) is 29.6. The van der Waals surface area contributed by atoms with Crippen LogP contribution >= 0.6 is 0 Å². The number of amides is 1. The van der Waals surface area contributed by atoms with Gasteiger partial charge in [0.25, 0.3) is 0 Å². The molecule has 0 radical (unpaired) electrons. The van der Waals surface area contributed by atoms with Crippen molar-refractivity contribution in [2.45, 2.75) is 94.1 Å². The molecule has 2 aliphatic rings. The van der Waals surface area contributed by atoms with E-state index in [-0.39, 0.29) is 34.7 Å². The van der Waals surface area contributed by atoms with Gasteiger partial charge in [0, 0.05) is 50.9 Å². The molecule has 3 heterocycles. The molecule has 10 nitrogen and oxygen atoms in total. The van der Waals surface area contributed by atoms with Crippen LogP contribution in [0.1, 0.15) is 87.0 Å². The van der Waals surface area contributed by atoms with Crippen LogP contribution in [-0.2, 0) is 14.8 Å². The van der Waals surface area contributed by atoms with Crippen molar-refractivity contribution < 1.29 is 22.5 Å². The van der Waals surface area contributed by atoms with Gasteiger partial charge >= 0.3 is 6.09 Å². The number of hydrogen-bond donors (Lipinski definition) is 0. The van der Waals surface area contributed by atoms with Crippen LogP contribution in [0, 0.1) is 35.5 Å². The number of nitrogens with zero attached hydrogens (tertiary/aromatic N) is 5. The van der Waals surface area contributed by atoms with Gasteiger partial charge in [0.1, 0.15) is 6.10 Å². The zero-order valence-corrected chi connectivity index (χ0v) is 30.4. The van der Waals surface area contributed by atoms with Gasteiger partial charge in [0.05, 0.1) is 12.3 Å². The molecule has 2 aliphatic heterocycles. The minimum atomic E-state index is -3.39. The number of aryl methyl sites for hydroxylation is 1. The fourth-order valence-electron chi connectivity index (χ4n) is 7.20. The Morgan fingerprint density at radius 1 is 0.935 bits per heavy atom. The van der Waals surface area contributed by atoms with Crippen molar-refractivity contribution in [1.29, 1.82) is 0 Å². The highest BCUT2D eigenvalue weighted by Crippen LogP contribution is 2.35. The summed E-state index contributed by atoms with van der Waals surface area (Å²) in [6.07, 6.45) is 3.49. The van der Waals surface area contributed by atoms with E-state index in [1.165, 1.54) is 0 Å². The van der Waals surface area contributed by atoms with Crippen molar-refractivity contribution in [3.05, 3.63) is 30.2 Å². The van der Waals surface area contributed by atoms with E-state index < -0.39 is 10.0 Å². The summed E-state index contributed by atoms with van der Waals surface area (Å²) in [5.74, 6) is 2.25. The largest absolute Gasteiger partial charge is 0.443 e. The molecule has 4 unspecified atom stereocenters. The highest BCUT2D eigenvalue weighted by Gasteiger charge is 2.36. The monoisotopic (exact) mass is 659 g/mol. The van der Waals surface area contributed by atoms with E-state index in [2.05, 4.69) is 70.4 Å². The van der Waals surface area contributed by atoms with E-state index in [4.69, 9.17) is 9.26 Å². The first-order chi connectivity index (χ1) is 21.4.